The fraction of sp³-hybridized carbons (Fsp3) is 0.438. The number of amides is 1. The van der Waals surface area contributed by atoms with E-state index in [2.05, 4.69) is 15.5 Å². The van der Waals surface area contributed by atoms with Crippen LogP contribution in [0.15, 0.2) is 22.5 Å². The molecular weight excluding hydrogens is 364 g/mol. The highest BCUT2D eigenvalue weighted by molar-refractivity contribution is 8.01. The Kier molecular flexibility index (Phi) is 5.97. The lowest BCUT2D eigenvalue weighted by atomic mass is 10.1. The van der Waals surface area contributed by atoms with E-state index < -0.39 is 0 Å². The molecule has 1 aliphatic rings. The van der Waals surface area contributed by atoms with E-state index in [0.717, 1.165) is 41.5 Å². The summed E-state index contributed by atoms with van der Waals surface area (Å²) in [5, 5.41) is 12.9. The highest BCUT2D eigenvalue weighted by Gasteiger charge is 2.17. The Balaban J connectivity index is 1.55. The maximum Gasteiger partial charge on any atom is 0.233 e. The molecule has 24 heavy (non-hydrogen) atoms. The van der Waals surface area contributed by atoms with Gasteiger partial charge in [0.2, 0.25) is 11.0 Å². The van der Waals surface area contributed by atoms with Crippen molar-refractivity contribution in [3.8, 4) is 0 Å². The molecule has 1 aromatic carbocycles. The molecule has 3 rings (SSSR count). The monoisotopic (exact) mass is 382 g/mol. The molecule has 1 amide bonds. The van der Waals surface area contributed by atoms with Crippen LogP contribution in [-0.2, 0) is 4.79 Å². The second-order valence-electron chi connectivity index (χ2n) is 5.64. The van der Waals surface area contributed by atoms with Crippen LogP contribution in [0.25, 0.3) is 0 Å². The molecule has 0 atom stereocenters. The van der Waals surface area contributed by atoms with Gasteiger partial charge in [-0.1, -0.05) is 40.8 Å². The predicted molar refractivity (Wildman–Crippen MR) is 101 cm³/mol. The number of rotatable bonds is 5. The number of hydrogen-bond donors (Lipinski definition) is 1. The molecule has 1 saturated heterocycles. The first-order valence-corrected chi connectivity index (χ1v) is 10.1. The molecule has 128 valence electrons. The van der Waals surface area contributed by atoms with Crippen LogP contribution in [-0.4, -0.2) is 39.8 Å². The highest BCUT2D eigenvalue weighted by Crippen LogP contribution is 2.30. The Morgan fingerprint density at radius 2 is 2.12 bits per heavy atom. The zero-order chi connectivity index (χ0) is 16.9. The number of benzene rings is 1. The van der Waals surface area contributed by atoms with E-state index in [1.54, 1.807) is 0 Å². The predicted octanol–water partition coefficient (Wildman–Crippen LogP) is 4.35. The Hall–Kier alpha value is -1.31. The van der Waals surface area contributed by atoms with E-state index >= 15 is 0 Å². The van der Waals surface area contributed by atoms with Crippen LogP contribution in [0, 0.1) is 6.92 Å². The topological polar surface area (TPSA) is 58.1 Å². The lowest BCUT2D eigenvalue weighted by Crippen LogP contribution is -2.36. The van der Waals surface area contributed by atoms with E-state index in [0.29, 0.717) is 15.9 Å². The molecule has 0 bridgehead atoms. The zero-order valence-corrected chi connectivity index (χ0v) is 15.8. The molecule has 1 aromatic heterocycles. The molecule has 2 heterocycles. The van der Waals surface area contributed by atoms with Crippen molar-refractivity contribution in [2.24, 2.45) is 0 Å². The molecule has 5 nitrogen and oxygen atoms in total. The maximum atomic E-state index is 12.2. The summed E-state index contributed by atoms with van der Waals surface area (Å²) in [4.78, 5) is 14.1. The van der Waals surface area contributed by atoms with Crippen molar-refractivity contribution in [3.05, 3.63) is 28.8 Å². The Bertz CT molecular complexity index is 716. The van der Waals surface area contributed by atoms with Gasteiger partial charge in [-0.05, 0) is 43.9 Å². The molecule has 1 aliphatic heterocycles. The largest absolute Gasteiger partial charge is 0.342 e. The second kappa shape index (κ2) is 8.18. The Labute approximate surface area is 154 Å². The van der Waals surface area contributed by atoms with Gasteiger partial charge < -0.3 is 10.2 Å². The molecule has 1 fully saturated rings. The van der Waals surface area contributed by atoms with Crippen LogP contribution >= 0.6 is 34.7 Å². The van der Waals surface area contributed by atoms with Crippen molar-refractivity contribution in [2.45, 2.75) is 30.5 Å². The number of nitrogens with one attached hydrogen (secondary N) is 1. The zero-order valence-electron chi connectivity index (χ0n) is 13.4. The van der Waals surface area contributed by atoms with Crippen molar-refractivity contribution in [1.82, 2.24) is 15.1 Å². The highest BCUT2D eigenvalue weighted by atomic mass is 35.5. The third kappa shape index (κ3) is 4.40. The minimum Gasteiger partial charge on any atom is -0.342 e. The third-order valence-corrected chi connectivity index (χ3v) is 6.31. The SMILES string of the molecule is Cc1c(Cl)cccc1Nc1nnc(SCC(=O)N2CCCCC2)s1. The van der Waals surface area contributed by atoms with Crippen molar-refractivity contribution < 1.29 is 4.79 Å². The van der Waals surface area contributed by atoms with Gasteiger partial charge in [-0.25, -0.2) is 0 Å². The summed E-state index contributed by atoms with van der Waals surface area (Å²) in [6.45, 7) is 3.73. The molecule has 1 N–H and O–H groups in total. The maximum absolute atomic E-state index is 12.2. The van der Waals surface area contributed by atoms with E-state index in [9.17, 15) is 4.79 Å². The number of carbonyl (C=O) groups is 1. The third-order valence-electron chi connectivity index (χ3n) is 3.94. The first kappa shape index (κ1) is 17.5. The molecule has 0 radical (unpaired) electrons. The van der Waals surface area contributed by atoms with Gasteiger partial charge in [0.1, 0.15) is 0 Å². The number of thioether (sulfide) groups is 1. The fourth-order valence-corrected chi connectivity index (χ4v) is 4.38. The van der Waals surface area contributed by atoms with Gasteiger partial charge in [0.15, 0.2) is 4.34 Å². The number of halogens is 1. The van der Waals surface area contributed by atoms with Gasteiger partial charge in [-0.2, -0.15) is 0 Å². The molecule has 0 spiro atoms. The van der Waals surface area contributed by atoms with Crippen LogP contribution in [0.2, 0.25) is 5.02 Å². The van der Waals surface area contributed by atoms with E-state index in [1.165, 1.54) is 29.5 Å². The van der Waals surface area contributed by atoms with Gasteiger partial charge in [-0.3, -0.25) is 4.79 Å². The number of hydrogen-bond acceptors (Lipinski definition) is 6. The van der Waals surface area contributed by atoms with E-state index in [1.807, 2.05) is 30.0 Å². The Morgan fingerprint density at radius 3 is 2.92 bits per heavy atom. The number of piperidine rings is 1. The van der Waals surface area contributed by atoms with Gasteiger partial charge in [0.05, 0.1) is 5.75 Å². The average Bonchev–Trinajstić information content (AvgIpc) is 3.05. The summed E-state index contributed by atoms with van der Waals surface area (Å²) in [5.41, 5.74) is 1.89. The van der Waals surface area contributed by atoms with Gasteiger partial charge >= 0.3 is 0 Å². The number of aromatic nitrogens is 2. The van der Waals surface area contributed by atoms with Crippen molar-refractivity contribution in [1.29, 1.82) is 0 Å². The average molecular weight is 383 g/mol. The van der Waals surface area contributed by atoms with Crippen molar-refractivity contribution >= 4 is 51.4 Å². The molecule has 8 heteroatoms. The number of nitrogens with zero attached hydrogens (tertiary/aromatic N) is 3. The molecule has 0 saturated carbocycles. The first-order chi connectivity index (χ1) is 11.6. The minimum atomic E-state index is 0.190. The number of anilines is 2. The molecule has 0 aliphatic carbocycles. The van der Waals surface area contributed by atoms with Crippen molar-refractivity contribution in [3.63, 3.8) is 0 Å². The van der Waals surface area contributed by atoms with Crippen LogP contribution in [0.5, 0.6) is 0 Å². The van der Waals surface area contributed by atoms with Crippen LogP contribution < -0.4 is 5.32 Å². The van der Waals surface area contributed by atoms with Gasteiger partial charge in [0.25, 0.3) is 0 Å². The summed E-state index contributed by atoms with van der Waals surface area (Å²) in [6.07, 6.45) is 3.45. The smallest absolute Gasteiger partial charge is 0.233 e. The summed E-state index contributed by atoms with van der Waals surface area (Å²) in [6, 6.07) is 5.70. The quantitative estimate of drug-likeness (QED) is 0.779. The minimum absolute atomic E-state index is 0.190. The molecular formula is C16H19ClN4OS2. The van der Waals surface area contributed by atoms with Crippen LogP contribution in [0.3, 0.4) is 0 Å². The van der Waals surface area contributed by atoms with Gasteiger partial charge in [-0.15, -0.1) is 10.2 Å². The fourth-order valence-electron chi connectivity index (χ4n) is 2.53. The van der Waals surface area contributed by atoms with Gasteiger partial charge in [0, 0.05) is 23.8 Å². The van der Waals surface area contributed by atoms with Crippen molar-refractivity contribution in [2.75, 3.05) is 24.2 Å². The summed E-state index contributed by atoms with van der Waals surface area (Å²) < 4.78 is 0.794. The van der Waals surface area contributed by atoms with Crippen LogP contribution in [0.1, 0.15) is 24.8 Å². The first-order valence-electron chi connectivity index (χ1n) is 7.90. The lowest BCUT2D eigenvalue weighted by Gasteiger charge is -2.26. The normalized spacial score (nSPS) is 14.7. The standard InChI is InChI=1S/C16H19ClN4OS2/c1-11-12(17)6-5-7-13(11)18-15-19-20-16(24-15)23-10-14(22)21-8-3-2-4-9-21/h5-7H,2-4,8-10H2,1H3,(H,18,19). The Morgan fingerprint density at radius 1 is 1.33 bits per heavy atom. The van der Waals surface area contributed by atoms with Crippen LogP contribution in [0.4, 0.5) is 10.8 Å². The molecule has 2 aromatic rings. The van der Waals surface area contributed by atoms with E-state index in [-0.39, 0.29) is 5.91 Å². The second-order valence-corrected chi connectivity index (χ2v) is 8.25. The van der Waals surface area contributed by atoms with E-state index in [4.69, 9.17) is 11.6 Å². The summed E-state index contributed by atoms with van der Waals surface area (Å²) in [7, 11) is 0. The summed E-state index contributed by atoms with van der Waals surface area (Å²) in [5.74, 6) is 0.611. The number of likely N-dealkylation sites (tertiary alicyclic amines) is 1. The molecule has 0 unspecified atom stereocenters. The lowest BCUT2D eigenvalue weighted by molar-refractivity contribution is -0.129. The number of carbonyl (C=O) groups excluding carboxylic acids is 1. The summed E-state index contributed by atoms with van der Waals surface area (Å²) >= 11 is 9.02.